The van der Waals surface area contributed by atoms with Crippen molar-refractivity contribution < 1.29 is 9.18 Å². The number of hydrogen-bond donors (Lipinski definition) is 0. The summed E-state index contributed by atoms with van der Waals surface area (Å²) in [5.74, 6) is -0.0303. The first-order valence-corrected chi connectivity index (χ1v) is 9.24. The van der Waals surface area contributed by atoms with E-state index in [0.717, 1.165) is 37.3 Å². The molecule has 0 N–H and O–H groups in total. The number of hydrogen-bond acceptors (Lipinski definition) is 2. The third-order valence-electron chi connectivity index (χ3n) is 5.53. The summed E-state index contributed by atoms with van der Waals surface area (Å²) in [6, 6.07) is 16.9. The van der Waals surface area contributed by atoms with Gasteiger partial charge < -0.3 is 4.90 Å². The van der Waals surface area contributed by atoms with Crippen molar-refractivity contribution in [3.05, 3.63) is 71.5 Å². The Balaban J connectivity index is 1.63. The Hall–Kier alpha value is -2.20. The number of nitrogens with zero attached hydrogens (tertiary/aromatic N) is 2. The minimum atomic E-state index is -0.522. The lowest BCUT2D eigenvalue weighted by Gasteiger charge is -2.41. The van der Waals surface area contributed by atoms with Gasteiger partial charge >= 0.3 is 0 Å². The van der Waals surface area contributed by atoms with Crippen LogP contribution in [-0.4, -0.2) is 41.9 Å². The molecule has 4 heteroatoms. The van der Waals surface area contributed by atoms with Crippen LogP contribution in [0.4, 0.5) is 4.39 Å². The molecule has 26 heavy (non-hydrogen) atoms. The summed E-state index contributed by atoms with van der Waals surface area (Å²) in [6.07, 6.45) is 0. The normalized spacial score (nSPS) is 17.2. The first-order chi connectivity index (χ1) is 12.4. The molecule has 0 aliphatic carbocycles. The Morgan fingerprint density at radius 2 is 1.54 bits per heavy atom. The molecule has 1 fully saturated rings. The summed E-state index contributed by atoms with van der Waals surface area (Å²) >= 11 is 0. The van der Waals surface area contributed by atoms with Gasteiger partial charge in [0.25, 0.3) is 0 Å². The molecule has 1 unspecified atom stereocenters. The molecule has 138 valence electrons. The van der Waals surface area contributed by atoms with Crippen molar-refractivity contribution in [1.29, 1.82) is 0 Å². The van der Waals surface area contributed by atoms with Crippen molar-refractivity contribution in [2.24, 2.45) is 0 Å². The maximum atomic E-state index is 13.1. The van der Waals surface area contributed by atoms with E-state index in [4.69, 9.17) is 0 Å². The van der Waals surface area contributed by atoms with Gasteiger partial charge in [0.15, 0.2) is 0 Å². The van der Waals surface area contributed by atoms with Crippen molar-refractivity contribution >= 4 is 5.91 Å². The molecule has 0 spiro atoms. The molecule has 2 aromatic carbocycles. The van der Waals surface area contributed by atoms with Crippen LogP contribution in [-0.2, 0) is 10.2 Å². The van der Waals surface area contributed by atoms with E-state index in [2.05, 4.69) is 11.8 Å². The fourth-order valence-electron chi connectivity index (χ4n) is 3.64. The van der Waals surface area contributed by atoms with Crippen LogP contribution in [0.2, 0.25) is 0 Å². The summed E-state index contributed by atoms with van der Waals surface area (Å²) in [7, 11) is 0. The highest BCUT2D eigenvalue weighted by molar-refractivity contribution is 5.87. The summed E-state index contributed by atoms with van der Waals surface area (Å²) in [4.78, 5) is 17.4. The van der Waals surface area contributed by atoms with E-state index in [1.807, 2.05) is 61.2 Å². The van der Waals surface area contributed by atoms with E-state index in [9.17, 15) is 9.18 Å². The molecule has 0 bridgehead atoms. The molecule has 1 aliphatic heterocycles. The lowest BCUT2D eigenvalue weighted by molar-refractivity contribution is -0.138. The molecule has 1 amide bonds. The molecule has 1 aliphatic rings. The number of carbonyl (C=O) groups is 1. The minimum absolute atomic E-state index is 0.179. The van der Waals surface area contributed by atoms with Crippen LogP contribution < -0.4 is 0 Å². The molecule has 1 atom stereocenters. The molecule has 1 saturated heterocycles. The van der Waals surface area contributed by atoms with Crippen LogP contribution in [0.15, 0.2) is 54.6 Å². The van der Waals surface area contributed by atoms with Gasteiger partial charge in [0.05, 0.1) is 5.41 Å². The first-order valence-electron chi connectivity index (χ1n) is 9.24. The lowest BCUT2D eigenvalue weighted by atomic mass is 9.83. The second kappa shape index (κ2) is 7.58. The molecule has 0 saturated carbocycles. The average molecular weight is 354 g/mol. The van der Waals surface area contributed by atoms with Gasteiger partial charge in [0.2, 0.25) is 5.91 Å². The highest BCUT2D eigenvalue weighted by Gasteiger charge is 2.35. The third-order valence-corrected chi connectivity index (χ3v) is 5.53. The summed E-state index contributed by atoms with van der Waals surface area (Å²) in [6.45, 7) is 9.24. The molecule has 2 aromatic rings. The van der Waals surface area contributed by atoms with Gasteiger partial charge in [0.1, 0.15) is 5.82 Å². The maximum absolute atomic E-state index is 13.1. The summed E-state index contributed by atoms with van der Waals surface area (Å²) in [5, 5.41) is 0. The second-order valence-corrected chi connectivity index (χ2v) is 7.55. The second-order valence-electron chi connectivity index (χ2n) is 7.55. The monoisotopic (exact) mass is 354 g/mol. The molecule has 0 radical (unpaired) electrons. The van der Waals surface area contributed by atoms with Crippen molar-refractivity contribution in [2.75, 3.05) is 26.2 Å². The number of carbonyl (C=O) groups excluding carboxylic acids is 1. The van der Waals surface area contributed by atoms with Gasteiger partial charge in [-0.3, -0.25) is 9.69 Å². The van der Waals surface area contributed by atoms with E-state index in [0.29, 0.717) is 0 Å². The predicted octanol–water partition coefficient (Wildman–Crippen LogP) is 4.01. The van der Waals surface area contributed by atoms with Gasteiger partial charge in [0, 0.05) is 32.2 Å². The number of halogens is 1. The molecule has 0 aromatic heterocycles. The highest BCUT2D eigenvalue weighted by atomic mass is 19.1. The lowest BCUT2D eigenvalue weighted by Crippen LogP contribution is -2.53. The minimum Gasteiger partial charge on any atom is -0.339 e. The van der Waals surface area contributed by atoms with Crippen LogP contribution in [0.1, 0.15) is 37.9 Å². The van der Waals surface area contributed by atoms with E-state index in [1.165, 1.54) is 12.1 Å². The number of rotatable bonds is 4. The number of piperazine rings is 1. The van der Waals surface area contributed by atoms with Crippen molar-refractivity contribution in [3.63, 3.8) is 0 Å². The van der Waals surface area contributed by atoms with E-state index in [-0.39, 0.29) is 17.8 Å². The Morgan fingerprint density at radius 1 is 0.962 bits per heavy atom. The molecular weight excluding hydrogens is 327 g/mol. The molecular formula is C22H27FN2O. The van der Waals surface area contributed by atoms with Gasteiger partial charge in [-0.1, -0.05) is 42.5 Å². The van der Waals surface area contributed by atoms with Crippen LogP contribution in [0, 0.1) is 5.82 Å². The van der Waals surface area contributed by atoms with E-state index >= 15 is 0 Å². The molecule has 3 rings (SSSR count). The zero-order valence-corrected chi connectivity index (χ0v) is 15.8. The summed E-state index contributed by atoms with van der Waals surface area (Å²) < 4.78 is 13.1. The van der Waals surface area contributed by atoms with Gasteiger partial charge in [-0.2, -0.15) is 0 Å². The first kappa shape index (κ1) is 18.6. The van der Waals surface area contributed by atoms with Crippen LogP contribution in [0.25, 0.3) is 0 Å². The zero-order chi connectivity index (χ0) is 18.7. The van der Waals surface area contributed by atoms with Gasteiger partial charge in [-0.05, 0) is 44.0 Å². The Bertz CT molecular complexity index is 734. The predicted molar refractivity (Wildman–Crippen MR) is 102 cm³/mol. The third kappa shape index (κ3) is 3.80. The van der Waals surface area contributed by atoms with Gasteiger partial charge in [-0.15, -0.1) is 0 Å². The number of benzene rings is 2. The molecule has 3 nitrogen and oxygen atoms in total. The van der Waals surface area contributed by atoms with Crippen LogP contribution >= 0.6 is 0 Å². The smallest absolute Gasteiger partial charge is 0.232 e. The SMILES string of the molecule is CC(c1ccc(F)cc1)N1CCN(C(=O)C(C)(C)c2ccccc2)CC1. The van der Waals surface area contributed by atoms with Crippen molar-refractivity contribution in [1.82, 2.24) is 9.80 Å². The standard InChI is InChI=1S/C22H27FN2O/c1-17(18-9-11-20(23)12-10-18)24-13-15-25(16-14-24)21(26)22(2,3)19-7-5-4-6-8-19/h4-12,17H,13-16H2,1-3H3. The Kier molecular flexibility index (Phi) is 5.42. The zero-order valence-electron chi connectivity index (χ0n) is 15.8. The van der Waals surface area contributed by atoms with Crippen LogP contribution in [0.3, 0.4) is 0 Å². The largest absolute Gasteiger partial charge is 0.339 e. The fraction of sp³-hybridized carbons (Fsp3) is 0.409. The number of amides is 1. The fourth-order valence-corrected chi connectivity index (χ4v) is 3.64. The highest BCUT2D eigenvalue weighted by Crippen LogP contribution is 2.27. The Labute approximate surface area is 155 Å². The maximum Gasteiger partial charge on any atom is 0.232 e. The van der Waals surface area contributed by atoms with Crippen molar-refractivity contribution in [2.45, 2.75) is 32.2 Å². The van der Waals surface area contributed by atoms with E-state index in [1.54, 1.807) is 0 Å². The Morgan fingerprint density at radius 3 is 2.12 bits per heavy atom. The quantitative estimate of drug-likeness (QED) is 0.828. The average Bonchev–Trinajstić information content (AvgIpc) is 2.68. The van der Waals surface area contributed by atoms with Gasteiger partial charge in [-0.25, -0.2) is 4.39 Å². The molecule has 1 heterocycles. The van der Waals surface area contributed by atoms with Crippen molar-refractivity contribution in [3.8, 4) is 0 Å². The topological polar surface area (TPSA) is 23.6 Å². The summed E-state index contributed by atoms with van der Waals surface area (Å²) in [5.41, 5.74) is 1.63. The van der Waals surface area contributed by atoms with E-state index < -0.39 is 5.41 Å². The van der Waals surface area contributed by atoms with Crippen LogP contribution in [0.5, 0.6) is 0 Å².